The van der Waals surface area contributed by atoms with Crippen molar-refractivity contribution in [3.05, 3.63) is 41.3 Å². The average molecular weight is 535 g/mol. The second-order valence-corrected chi connectivity index (χ2v) is 6.97. The Bertz CT molecular complexity index is 827. The number of aromatic nitrogens is 1. The minimum atomic E-state index is -2.84. The number of para-hydroxylation sites is 2. The van der Waals surface area contributed by atoms with Crippen LogP contribution in [0.4, 0.5) is 14.5 Å². The Morgan fingerprint density at radius 3 is 2.80 bits per heavy atom. The number of ether oxygens (including phenoxy) is 1. The molecule has 1 fully saturated rings. The molecule has 166 valence electrons. The van der Waals surface area contributed by atoms with E-state index in [1.165, 1.54) is 0 Å². The molecule has 1 saturated heterocycles. The molecule has 2 heterocycles. The maximum atomic E-state index is 12.7. The third-order valence-corrected chi connectivity index (χ3v) is 5.02. The SMILES string of the molecule is CN=C(NCCc1c(C)noc1C)NC1CCN(c2ccccc2OC(F)F)C1.I. The number of hydrogen-bond donors (Lipinski definition) is 2. The van der Waals surface area contributed by atoms with Gasteiger partial charge in [-0.25, -0.2) is 0 Å². The molecule has 7 nitrogen and oxygen atoms in total. The molecule has 0 amide bonds. The molecule has 1 unspecified atom stereocenters. The molecular weight excluding hydrogens is 507 g/mol. The van der Waals surface area contributed by atoms with Gasteiger partial charge in [0.05, 0.1) is 11.4 Å². The number of benzene rings is 1. The molecule has 1 aliphatic rings. The van der Waals surface area contributed by atoms with E-state index in [0.29, 0.717) is 24.7 Å². The summed E-state index contributed by atoms with van der Waals surface area (Å²) in [5.74, 6) is 1.74. The highest BCUT2D eigenvalue weighted by molar-refractivity contribution is 14.0. The summed E-state index contributed by atoms with van der Waals surface area (Å²) in [6.45, 7) is 3.12. The van der Waals surface area contributed by atoms with E-state index < -0.39 is 6.61 Å². The van der Waals surface area contributed by atoms with Gasteiger partial charge in [0.15, 0.2) is 5.96 Å². The first-order valence-corrected chi connectivity index (χ1v) is 9.65. The monoisotopic (exact) mass is 535 g/mol. The van der Waals surface area contributed by atoms with Gasteiger partial charge in [0.2, 0.25) is 0 Å². The highest BCUT2D eigenvalue weighted by atomic mass is 127. The lowest BCUT2D eigenvalue weighted by molar-refractivity contribution is -0.0495. The molecule has 0 spiro atoms. The molecular formula is C20H28F2IN5O2. The smallest absolute Gasteiger partial charge is 0.387 e. The van der Waals surface area contributed by atoms with Gasteiger partial charge in [0, 0.05) is 38.3 Å². The van der Waals surface area contributed by atoms with Gasteiger partial charge in [0.1, 0.15) is 11.5 Å². The number of hydrogen-bond acceptors (Lipinski definition) is 5. The second-order valence-electron chi connectivity index (χ2n) is 6.97. The van der Waals surface area contributed by atoms with Crippen molar-refractivity contribution in [2.45, 2.75) is 39.3 Å². The van der Waals surface area contributed by atoms with Crippen molar-refractivity contribution in [1.82, 2.24) is 15.8 Å². The molecule has 2 N–H and O–H groups in total. The Balaban J connectivity index is 0.00000320. The predicted octanol–water partition coefficient (Wildman–Crippen LogP) is 3.50. The summed E-state index contributed by atoms with van der Waals surface area (Å²) in [5, 5.41) is 10.7. The molecule has 1 atom stereocenters. The zero-order chi connectivity index (χ0) is 20.8. The van der Waals surface area contributed by atoms with Gasteiger partial charge in [0.25, 0.3) is 0 Å². The van der Waals surface area contributed by atoms with Crippen molar-refractivity contribution in [2.24, 2.45) is 4.99 Å². The normalized spacial score (nSPS) is 16.5. The zero-order valence-electron chi connectivity index (χ0n) is 17.3. The van der Waals surface area contributed by atoms with Gasteiger partial charge in [-0.1, -0.05) is 17.3 Å². The van der Waals surface area contributed by atoms with Crippen LogP contribution in [0.25, 0.3) is 0 Å². The molecule has 0 radical (unpaired) electrons. The van der Waals surface area contributed by atoms with E-state index >= 15 is 0 Å². The maximum Gasteiger partial charge on any atom is 0.387 e. The Morgan fingerprint density at radius 2 is 2.13 bits per heavy atom. The molecule has 0 saturated carbocycles. The van der Waals surface area contributed by atoms with E-state index in [9.17, 15) is 8.78 Å². The summed E-state index contributed by atoms with van der Waals surface area (Å²) >= 11 is 0. The van der Waals surface area contributed by atoms with E-state index in [1.807, 2.05) is 24.8 Å². The fourth-order valence-electron chi connectivity index (χ4n) is 3.56. The number of rotatable bonds is 7. The van der Waals surface area contributed by atoms with Crippen LogP contribution in [0, 0.1) is 13.8 Å². The lowest BCUT2D eigenvalue weighted by Gasteiger charge is -2.22. The van der Waals surface area contributed by atoms with Crippen LogP contribution in [0.3, 0.4) is 0 Å². The number of anilines is 1. The lowest BCUT2D eigenvalue weighted by Crippen LogP contribution is -2.45. The molecule has 30 heavy (non-hydrogen) atoms. The topological polar surface area (TPSA) is 74.9 Å². The van der Waals surface area contributed by atoms with Crippen molar-refractivity contribution in [2.75, 3.05) is 31.6 Å². The number of nitrogens with one attached hydrogen (secondary N) is 2. The molecule has 1 aromatic carbocycles. The van der Waals surface area contributed by atoms with Crippen molar-refractivity contribution in [3.63, 3.8) is 0 Å². The Kier molecular flexibility index (Phi) is 9.12. The first-order chi connectivity index (χ1) is 14.0. The van der Waals surface area contributed by atoms with E-state index in [4.69, 9.17) is 4.52 Å². The highest BCUT2D eigenvalue weighted by Gasteiger charge is 2.26. The van der Waals surface area contributed by atoms with Crippen LogP contribution in [0.5, 0.6) is 5.75 Å². The van der Waals surface area contributed by atoms with Gasteiger partial charge in [-0.2, -0.15) is 8.78 Å². The maximum absolute atomic E-state index is 12.7. The van der Waals surface area contributed by atoms with Gasteiger partial charge >= 0.3 is 6.61 Å². The summed E-state index contributed by atoms with van der Waals surface area (Å²) in [6, 6.07) is 7.04. The van der Waals surface area contributed by atoms with Crippen LogP contribution in [-0.4, -0.2) is 50.5 Å². The van der Waals surface area contributed by atoms with Crippen molar-refractivity contribution >= 4 is 35.6 Å². The van der Waals surface area contributed by atoms with Crippen LogP contribution in [0.2, 0.25) is 0 Å². The van der Waals surface area contributed by atoms with Gasteiger partial charge in [-0.3, -0.25) is 4.99 Å². The van der Waals surface area contributed by atoms with Crippen LogP contribution in [-0.2, 0) is 6.42 Å². The Labute approximate surface area is 192 Å². The molecule has 1 aliphatic heterocycles. The minimum absolute atomic E-state index is 0. The largest absolute Gasteiger partial charge is 0.433 e. The predicted molar refractivity (Wildman–Crippen MR) is 123 cm³/mol. The number of guanidine groups is 1. The third kappa shape index (κ3) is 6.19. The molecule has 10 heteroatoms. The van der Waals surface area contributed by atoms with E-state index in [-0.39, 0.29) is 35.8 Å². The highest BCUT2D eigenvalue weighted by Crippen LogP contribution is 2.31. The first kappa shape index (κ1) is 24.2. The summed E-state index contributed by atoms with van der Waals surface area (Å²) in [7, 11) is 1.73. The van der Waals surface area contributed by atoms with Gasteiger partial charge in [-0.05, 0) is 38.8 Å². The number of alkyl halides is 2. The molecule has 2 aromatic rings. The Morgan fingerprint density at radius 1 is 1.37 bits per heavy atom. The van der Waals surface area contributed by atoms with Crippen LogP contribution in [0.15, 0.2) is 33.8 Å². The van der Waals surface area contributed by atoms with Crippen molar-refractivity contribution in [1.29, 1.82) is 0 Å². The zero-order valence-corrected chi connectivity index (χ0v) is 19.7. The van der Waals surface area contributed by atoms with E-state index in [0.717, 1.165) is 36.4 Å². The summed E-state index contributed by atoms with van der Waals surface area (Å²) < 4.78 is 35.2. The molecule has 1 aromatic heterocycles. The fourth-order valence-corrected chi connectivity index (χ4v) is 3.56. The summed E-state index contributed by atoms with van der Waals surface area (Å²) in [5.41, 5.74) is 2.69. The standard InChI is InChI=1S/C20H27F2N5O2.HI/c1-13-16(14(2)29-26-13)8-10-24-20(23-3)25-15-9-11-27(12-15)17-6-4-5-7-18(17)28-19(21)22;/h4-7,15,19H,8-12H2,1-3H3,(H2,23,24,25);1H. The second kappa shape index (κ2) is 11.3. The molecule has 0 bridgehead atoms. The number of aryl methyl sites for hydroxylation is 2. The number of nitrogens with zero attached hydrogens (tertiary/aromatic N) is 3. The van der Waals surface area contributed by atoms with Gasteiger partial charge in [-0.15, -0.1) is 24.0 Å². The summed E-state index contributed by atoms with van der Waals surface area (Å²) in [6.07, 6.45) is 1.66. The molecule has 3 rings (SSSR count). The first-order valence-electron chi connectivity index (χ1n) is 9.65. The Hall–Kier alpha value is -2.11. The van der Waals surface area contributed by atoms with Crippen LogP contribution in [0.1, 0.15) is 23.4 Å². The van der Waals surface area contributed by atoms with E-state index in [1.54, 1.807) is 25.2 Å². The van der Waals surface area contributed by atoms with E-state index in [2.05, 4.69) is 25.5 Å². The number of aliphatic imine (C=N–C) groups is 1. The van der Waals surface area contributed by atoms with Crippen LogP contribution < -0.4 is 20.3 Å². The van der Waals surface area contributed by atoms with Gasteiger partial charge < -0.3 is 24.8 Å². The van der Waals surface area contributed by atoms with Crippen LogP contribution >= 0.6 is 24.0 Å². The quantitative estimate of drug-likeness (QED) is 0.321. The number of halogens is 3. The summed E-state index contributed by atoms with van der Waals surface area (Å²) in [4.78, 5) is 6.33. The average Bonchev–Trinajstić information content (AvgIpc) is 3.28. The molecule has 0 aliphatic carbocycles. The third-order valence-electron chi connectivity index (χ3n) is 5.02. The lowest BCUT2D eigenvalue weighted by atomic mass is 10.1. The van der Waals surface area contributed by atoms with Crippen molar-refractivity contribution < 1.29 is 18.0 Å². The van der Waals surface area contributed by atoms with Crippen molar-refractivity contribution in [3.8, 4) is 5.75 Å². The fraction of sp³-hybridized carbons (Fsp3) is 0.500. The minimum Gasteiger partial charge on any atom is -0.433 e.